The van der Waals surface area contributed by atoms with Crippen LogP contribution in [0.5, 0.6) is 11.5 Å². The van der Waals surface area contributed by atoms with Crippen molar-refractivity contribution >= 4 is 23.2 Å². The molecule has 0 spiro atoms. The van der Waals surface area contributed by atoms with E-state index >= 15 is 0 Å². The van der Waals surface area contributed by atoms with Gasteiger partial charge in [-0.05, 0) is 12.1 Å². The Hall–Kier alpha value is -1.57. The molecule has 0 amide bonds. The highest BCUT2D eigenvalue weighted by Gasteiger charge is 2.24. The fourth-order valence-electron chi connectivity index (χ4n) is 1.60. The number of aromatic hydroxyl groups is 1. The Morgan fingerprint density at radius 1 is 1.45 bits per heavy atom. The fourth-order valence-corrected chi connectivity index (χ4v) is 2.19. The molecule has 0 aliphatic rings. The average Bonchev–Trinajstić information content (AvgIpc) is 2.44. The van der Waals surface area contributed by atoms with Gasteiger partial charge in [0, 0.05) is 23.8 Å². The molecule has 1 aromatic carbocycles. The van der Waals surface area contributed by atoms with Gasteiger partial charge in [-0.1, -0.05) is 11.8 Å². The number of aliphatic hydroxyl groups is 2. The van der Waals surface area contributed by atoms with E-state index in [9.17, 15) is 24.9 Å². The monoisotopic (exact) mass is 300 g/mol. The van der Waals surface area contributed by atoms with Gasteiger partial charge in [-0.2, -0.15) is 0 Å². The molecule has 7 heteroatoms. The molecule has 1 aromatic rings. The van der Waals surface area contributed by atoms with Crippen molar-refractivity contribution in [2.45, 2.75) is 19.1 Å². The third-order valence-corrected chi connectivity index (χ3v) is 3.54. The lowest BCUT2D eigenvalue weighted by atomic mass is 10.0. The van der Waals surface area contributed by atoms with Crippen molar-refractivity contribution in [2.75, 3.05) is 12.9 Å². The number of benzene rings is 1. The second-order valence-corrected chi connectivity index (χ2v) is 5.29. The van der Waals surface area contributed by atoms with Crippen molar-refractivity contribution < 1.29 is 29.6 Å². The van der Waals surface area contributed by atoms with Crippen LogP contribution >= 0.6 is 11.8 Å². The highest BCUT2D eigenvalue weighted by atomic mass is 32.2. The maximum Gasteiger partial charge on any atom is 0.185 e. The SMILES string of the molecule is COc1cc(C=O)cc(C(O)C(O)CSC(C)=O)c1O. The van der Waals surface area contributed by atoms with E-state index in [0.29, 0.717) is 6.29 Å². The molecule has 0 fully saturated rings. The number of aliphatic hydroxyl groups excluding tert-OH is 2. The Morgan fingerprint density at radius 2 is 2.10 bits per heavy atom. The van der Waals surface area contributed by atoms with Crippen LogP contribution in [-0.4, -0.2) is 45.7 Å². The van der Waals surface area contributed by atoms with Crippen LogP contribution in [0.1, 0.15) is 28.9 Å². The minimum atomic E-state index is -1.43. The van der Waals surface area contributed by atoms with E-state index in [0.717, 1.165) is 11.8 Å². The topological polar surface area (TPSA) is 104 Å². The van der Waals surface area contributed by atoms with E-state index in [1.54, 1.807) is 0 Å². The van der Waals surface area contributed by atoms with Gasteiger partial charge >= 0.3 is 0 Å². The van der Waals surface area contributed by atoms with E-state index in [4.69, 9.17) is 4.74 Å². The number of carbonyl (C=O) groups excluding carboxylic acids is 2. The largest absolute Gasteiger partial charge is 0.504 e. The van der Waals surface area contributed by atoms with Crippen molar-refractivity contribution in [3.05, 3.63) is 23.3 Å². The lowest BCUT2D eigenvalue weighted by Crippen LogP contribution is -2.21. The molecule has 0 radical (unpaired) electrons. The van der Waals surface area contributed by atoms with E-state index in [2.05, 4.69) is 0 Å². The van der Waals surface area contributed by atoms with E-state index in [1.807, 2.05) is 0 Å². The van der Waals surface area contributed by atoms with Gasteiger partial charge in [0.15, 0.2) is 16.6 Å². The Bertz CT molecular complexity index is 502. The van der Waals surface area contributed by atoms with Gasteiger partial charge in [0.2, 0.25) is 0 Å². The summed E-state index contributed by atoms with van der Waals surface area (Å²) in [5.74, 6) is -0.351. The summed E-state index contributed by atoms with van der Waals surface area (Å²) in [6.07, 6.45) is -2.16. The van der Waals surface area contributed by atoms with Gasteiger partial charge in [-0.25, -0.2) is 0 Å². The van der Waals surface area contributed by atoms with Crippen LogP contribution in [0, 0.1) is 0 Å². The molecule has 6 nitrogen and oxygen atoms in total. The maximum absolute atomic E-state index is 10.8. The molecule has 0 bridgehead atoms. The number of aldehydes is 1. The van der Waals surface area contributed by atoms with Crippen LogP contribution in [0.3, 0.4) is 0 Å². The fraction of sp³-hybridized carbons (Fsp3) is 0.385. The third-order valence-electron chi connectivity index (χ3n) is 2.62. The summed E-state index contributed by atoms with van der Waals surface area (Å²) in [7, 11) is 1.31. The van der Waals surface area contributed by atoms with Crippen molar-refractivity contribution in [3.8, 4) is 11.5 Å². The van der Waals surface area contributed by atoms with Crippen LogP contribution in [-0.2, 0) is 4.79 Å². The number of carbonyl (C=O) groups is 2. The molecule has 0 aliphatic heterocycles. The molecular weight excluding hydrogens is 284 g/mol. The predicted octanol–water partition coefficient (Wildman–Crippen LogP) is 0.887. The molecule has 3 N–H and O–H groups in total. The van der Waals surface area contributed by atoms with Crippen LogP contribution in [0.25, 0.3) is 0 Å². The van der Waals surface area contributed by atoms with Crippen LogP contribution in [0.2, 0.25) is 0 Å². The van der Waals surface area contributed by atoms with Gasteiger partial charge in [-0.3, -0.25) is 9.59 Å². The average molecular weight is 300 g/mol. The molecule has 0 aromatic heterocycles. The smallest absolute Gasteiger partial charge is 0.185 e. The summed E-state index contributed by atoms with van der Waals surface area (Å²) in [4.78, 5) is 21.6. The molecule has 0 heterocycles. The zero-order chi connectivity index (χ0) is 15.3. The second kappa shape index (κ2) is 7.28. The van der Waals surface area contributed by atoms with Crippen molar-refractivity contribution in [2.24, 2.45) is 0 Å². The number of rotatable bonds is 6. The predicted molar refractivity (Wildman–Crippen MR) is 74.2 cm³/mol. The first-order valence-corrected chi connectivity index (χ1v) is 6.74. The Morgan fingerprint density at radius 3 is 2.60 bits per heavy atom. The molecule has 0 aliphatic carbocycles. The zero-order valence-corrected chi connectivity index (χ0v) is 11.9. The second-order valence-electron chi connectivity index (χ2n) is 4.09. The number of phenols is 1. The molecule has 2 unspecified atom stereocenters. The molecular formula is C13H16O6S. The lowest BCUT2D eigenvalue weighted by molar-refractivity contribution is -0.109. The normalized spacial score (nSPS) is 13.6. The summed E-state index contributed by atoms with van der Waals surface area (Å²) >= 11 is 0.857. The Kier molecular flexibility index (Phi) is 6.00. The number of methoxy groups -OCH3 is 1. The van der Waals surface area contributed by atoms with Gasteiger partial charge in [0.05, 0.1) is 13.2 Å². The van der Waals surface area contributed by atoms with Crippen molar-refractivity contribution in [3.63, 3.8) is 0 Å². The summed E-state index contributed by atoms with van der Waals surface area (Å²) in [6, 6.07) is 2.58. The molecule has 20 heavy (non-hydrogen) atoms. The number of hydrogen-bond acceptors (Lipinski definition) is 7. The molecule has 0 saturated carbocycles. The van der Waals surface area contributed by atoms with Gasteiger partial charge in [0.25, 0.3) is 0 Å². The first-order valence-electron chi connectivity index (χ1n) is 5.76. The molecule has 1 rings (SSSR count). The first-order chi connectivity index (χ1) is 9.40. The van der Waals surface area contributed by atoms with E-state index in [1.165, 1.54) is 26.2 Å². The first kappa shape index (κ1) is 16.5. The minimum absolute atomic E-state index is 0.0232. The van der Waals surface area contributed by atoms with Gasteiger partial charge in [-0.15, -0.1) is 0 Å². The Labute approximate surface area is 120 Å². The van der Waals surface area contributed by atoms with Gasteiger partial charge in [0.1, 0.15) is 12.4 Å². The number of thioether (sulfide) groups is 1. The number of hydrogen-bond donors (Lipinski definition) is 3. The summed E-state index contributed by atoms with van der Waals surface area (Å²) in [5.41, 5.74) is 0.170. The summed E-state index contributed by atoms with van der Waals surface area (Å²) in [6.45, 7) is 1.34. The Balaban J connectivity index is 3.04. The highest BCUT2D eigenvalue weighted by molar-refractivity contribution is 8.13. The van der Waals surface area contributed by atoms with Crippen LogP contribution in [0.4, 0.5) is 0 Å². The quantitative estimate of drug-likeness (QED) is 0.670. The third kappa shape index (κ3) is 3.96. The highest BCUT2D eigenvalue weighted by Crippen LogP contribution is 2.36. The van der Waals surface area contributed by atoms with Gasteiger partial charge < -0.3 is 20.1 Å². The van der Waals surface area contributed by atoms with Crippen LogP contribution < -0.4 is 4.74 Å². The number of phenolic OH excluding ortho intramolecular Hbond substituents is 1. The number of ether oxygens (including phenoxy) is 1. The van der Waals surface area contributed by atoms with Crippen LogP contribution in [0.15, 0.2) is 12.1 Å². The summed E-state index contributed by atoms with van der Waals surface area (Å²) in [5, 5.41) is 29.5. The molecule has 110 valence electrons. The zero-order valence-electron chi connectivity index (χ0n) is 11.1. The van der Waals surface area contributed by atoms with E-state index in [-0.39, 0.29) is 33.5 Å². The maximum atomic E-state index is 10.8. The standard InChI is InChI=1S/C13H16O6S/c1-7(15)20-6-10(16)12(17)9-3-8(5-14)4-11(19-2)13(9)18/h3-5,10,12,16-18H,6H2,1-2H3. The molecule has 0 saturated heterocycles. The van der Waals surface area contributed by atoms with Crippen molar-refractivity contribution in [1.82, 2.24) is 0 Å². The minimum Gasteiger partial charge on any atom is -0.504 e. The molecule has 2 atom stereocenters. The summed E-state index contributed by atoms with van der Waals surface area (Å²) < 4.78 is 4.90. The van der Waals surface area contributed by atoms with E-state index < -0.39 is 12.2 Å². The van der Waals surface area contributed by atoms with Crippen molar-refractivity contribution in [1.29, 1.82) is 0 Å². The lowest BCUT2D eigenvalue weighted by Gasteiger charge is -2.19.